The van der Waals surface area contributed by atoms with Gasteiger partial charge in [0.2, 0.25) is 0 Å². The number of fused-ring (bicyclic) bond motifs is 10. The Labute approximate surface area is 271 Å². The third kappa shape index (κ3) is 3.95. The molecule has 0 unspecified atom stereocenters. The molecular formula is C45H28N2. The number of hydrogen-bond acceptors (Lipinski definition) is 1. The van der Waals surface area contributed by atoms with Gasteiger partial charge in [-0.2, -0.15) is 0 Å². The predicted octanol–water partition coefficient (Wildman–Crippen LogP) is 12.1. The minimum Gasteiger partial charge on any atom is -0.292 e. The second-order valence-electron chi connectivity index (χ2n) is 12.4. The molecule has 0 spiro atoms. The number of nitrogens with zero attached hydrogens (tertiary/aromatic N) is 2. The van der Waals surface area contributed by atoms with Crippen molar-refractivity contribution in [2.75, 3.05) is 0 Å². The summed E-state index contributed by atoms with van der Waals surface area (Å²) in [6, 6.07) is 61.5. The number of para-hydroxylation sites is 3. The molecular weight excluding hydrogens is 569 g/mol. The van der Waals surface area contributed by atoms with E-state index in [0.29, 0.717) is 0 Å². The van der Waals surface area contributed by atoms with Crippen LogP contribution in [0.15, 0.2) is 170 Å². The van der Waals surface area contributed by atoms with Gasteiger partial charge in [0.15, 0.2) is 0 Å². The summed E-state index contributed by atoms with van der Waals surface area (Å²) in [5.74, 6) is 0.947. The molecule has 0 aliphatic heterocycles. The highest BCUT2D eigenvalue weighted by atomic mass is 15.1. The van der Waals surface area contributed by atoms with E-state index in [0.717, 1.165) is 28.1 Å². The molecule has 9 aromatic carbocycles. The molecule has 0 amide bonds. The first-order chi connectivity index (χ1) is 23.3. The van der Waals surface area contributed by atoms with Crippen LogP contribution in [-0.4, -0.2) is 9.55 Å². The standard InChI is InChI=1S/C45H28N2/c1-2-12-33(13-3-1)47-43-21-11-10-20-42(43)46-45(47)32-25-23-29-26-31(24-22-30(29)27-32)40-28-41-36-16-5-4-14-34(36)35-15-6-8-18-38(35)44(41)39-19-9-7-17-37(39)40/h1-28H. The molecule has 0 fully saturated rings. The molecule has 2 nitrogen and oxygen atoms in total. The van der Waals surface area contributed by atoms with Gasteiger partial charge in [0.1, 0.15) is 5.82 Å². The molecule has 0 bridgehead atoms. The fraction of sp³-hybridized carbons (Fsp3) is 0. The Morgan fingerprint density at radius 3 is 1.66 bits per heavy atom. The number of hydrogen-bond donors (Lipinski definition) is 0. The average molecular weight is 597 g/mol. The van der Waals surface area contributed by atoms with Gasteiger partial charge >= 0.3 is 0 Å². The lowest BCUT2D eigenvalue weighted by Crippen LogP contribution is -1.97. The molecule has 0 N–H and O–H groups in total. The largest absolute Gasteiger partial charge is 0.292 e. The lowest BCUT2D eigenvalue weighted by molar-refractivity contribution is 1.10. The van der Waals surface area contributed by atoms with Crippen molar-refractivity contribution < 1.29 is 0 Å². The van der Waals surface area contributed by atoms with E-state index in [1.807, 2.05) is 0 Å². The molecule has 0 atom stereocenters. The highest BCUT2D eigenvalue weighted by molar-refractivity contribution is 6.33. The van der Waals surface area contributed by atoms with Crippen LogP contribution in [0.2, 0.25) is 0 Å². The normalized spacial score (nSPS) is 11.8. The van der Waals surface area contributed by atoms with Crippen molar-refractivity contribution in [2.45, 2.75) is 0 Å². The van der Waals surface area contributed by atoms with E-state index in [-0.39, 0.29) is 0 Å². The van der Waals surface area contributed by atoms with Crippen LogP contribution >= 0.6 is 0 Å². The Morgan fingerprint density at radius 2 is 0.915 bits per heavy atom. The second-order valence-corrected chi connectivity index (χ2v) is 12.4. The quantitative estimate of drug-likeness (QED) is 0.186. The molecule has 0 aliphatic rings. The molecule has 1 aromatic heterocycles. The predicted molar refractivity (Wildman–Crippen MR) is 199 cm³/mol. The van der Waals surface area contributed by atoms with Gasteiger partial charge in [0.05, 0.1) is 11.0 Å². The Hall–Kier alpha value is -6.25. The lowest BCUT2D eigenvalue weighted by Gasteiger charge is -2.16. The summed E-state index contributed by atoms with van der Waals surface area (Å²) in [4.78, 5) is 5.10. The Balaban J connectivity index is 1.18. The maximum Gasteiger partial charge on any atom is 0.145 e. The van der Waals surface area contributed by atoms with Gasteiger partial charge in [-0.1, -0.05) is 127 Å². The van der Waals surface area contributed by atoms with Crippen molar-refractivity contribution in [3.05, 3.63) is 170 Å². The number of rotatable bonds is 3. The highest BCUT2D eigenvalue weighted by Crippen LogP contribution is 2.43. The number of aromatic nitrogens is 2. The summed E-state index contributed by atoms with van der Waals surface area (Å²) in [5.41, 5.74) is 6.77. The summed E-state index contributed by atoms with van der Waals surface area (Å²) in [6.07, 6.45) is 0. The van der Waals surface area contributed by atoms with Gasteiger partial charge in [0, 0.05) is 11.3 Å². The minimum absolute atomic E-state index is 0.947. The Morgan fingerprint density at radius 1 is 0.383 bits per heavy atom. The molecule has 2 heteroatoms. The third-order valence-corrected chi connectivity index (χ3v) is 9.73. The second kappa shape index (κ2) is 10.1. The van der Waals surface area contributed by atoms with Gasteiger partial charge in [0.25, 0.3) is 0 Å². The van der Waals surface area contributed by atoms with Crippen molar-refractivity contribution in [1.82, 2.24) is 9.55 Å². The molecule has 0 radical (unpaired) electrons. The topological polar surface area (TPSA) is 17.8 Å². The number of benzene rings is 9. The van der Waals surface area contributed by atoms with Crippen LogP contribution in [0.1, 0.15) is 0 Å². The third-order valence-electron chi connectivity index (χ3n) is 9.73. The molecule has 10 aromatic rings. The maximum atomic E-state index is 5.10. The van der Waals surface area contributed by atoms with Gasteiger partial charge in [-0.05, 0) is 107 Å². The molecule has 218 valence electrons. The van der Waals surface area contributed by atoms with E-state index in [1.54, 1.807) is 0 Å². The van der Waals surface area contributed by atoms with Gasteiger partial charge in [-0.3, -0.25) is 4.57 Å². The number of imidazole rings is 1. The fourth-order valence-corrected chi connectivity index (χ4v) is 7.62. The zero-order valence-corrected chi connectivity index (χ0v) is 25.6. The van der Waals surface area contributed by atoms with Crippen LogP contribution in [0.5, 0.6) is 0 Å². The van der Waals surface area contributed by atoms with Crippen LogP contribution < -0.4 is 0 Å². The molecule has 10 rings (SSSR count). The summed E-state index contributed by atoms with van der Waals surface area (Å²) >= 11 is 0. The van der Waals surface area contributed by atoms with Crippen molar-refractivity contribution in [1.29, 1.82) is 0 Å². The molecule has 47 heavy (non-hydrogen) atoms. The van der Waals surface area contributed by atoms with E-state index in [9.17, 15) is 0 Å². The summed E-state index contributed by atoms with van der Waals surface area (Å²) < 4.78 is 2.26. The monoisotopic (exact) mass is 596 g/mol. The van der Waals surface area contributed by atoms with E-state index in [2.05, 4.69) is 174 Å². The lowest BCUT2D eigenvalue weighted by atomic mass is 9.87. The zero-order chi connectivity index (χ0) is 30.9. The summed E-state index contributed by atoms with van der Waals surface area (Å²) in [7, 11) is 0. The summed E-state index contributed by atoms with van der Waals surface area (Å²) in [5, 5.41) is 12.8. The van der Waals surface area contributed by atoms with E-state index in [4.69, 9.17) is 4.98 Å². The van der Waals surface area contributed by atoms with Crippen LogP contribution in [0.4, 0.5) is 0 Å². The maximum absolute atomic E-state index is 5.10. The van der Waals surface area contributed by atoms with Gasteiger partial charge in [-0.25, -0.2) is 4.98 Å². The highest BCUT2D eigenvalue weighted by Gasteiger charge is 2.17. The first kappa shape index (κ1) is 26.0. The van der Waals surface area contributed by atoms with Crippen LogP contribution in [0.25, 0.3) is 93.1 Å². The molecule has 0 saturated heterocycles. The van der Waals surface area contributed by atoms with E-state index < -0.39 is 0 Å². The van der Waals surface area contributed by atoms with Gasteiger partial charge < -0.3 is 0 Å². The zero-order valence-electron chi connectivity index (χ0n) is 25.6. The van der Waals surface area contributed by atoms with Crippen molar-refractivity contribution in [3.63, 3.8) is 0 Å². The Kier molecular flexibility index (Phi) is 5.61. The fourth-order valence-electron chi connectivity index (χ4n) is 7.62. The molecule has 1 heterocycles. The van der Waals surface area contributed by atoms with Gasteiger partial charge in [-0.15, -0.1) is 0 Å². The SMILES string of the molecule is c1ccc(-n2c(-c3ccc4cc(-c5cc6c7ccccc7c7ccccc7c6c6ccccc56)ccc4c3)nc3ccccc32)cc1. The average Bonchev–Trinajstić information content (AvgIpc) is 3.54. The first-order valence-corrected chi connectivity index (χ1v) is 16.1. The van der Waals surface area contributed by atoms with Crippen molar-refractivity contribution in [3.8, 4) is 28.2 Å². The van der Waals surface area contributed by atoms with Crippen molar-refractivity contribution >= 4 is 64.9 Å². The summed E-state index contributed by atoms with van der Waals surface area (Å²) in [6.45, 7) is 0. The van der Waals surface area contributed by atoms with Crippen LogP contribution in [0, 0.1) is 0 Å². The van der Waals surface area contributed by atoms with Crippen LogP contribution in [-0.2, 0) is 0 Å². The minimum atomic E-state index is 0.947. The molecule has 0 saturated carbocycles. The van der Waals surface area contributed by atoms with Crippen LogP contribution in [0.3, 0.4) is 0 Å². The smallest absolute Gasteiger partial charge is 0.145 e. The Bertz CT molecular complexity index is 2840. The first-order valence-electron chi connectivity index (χ1n) is 16.1. The molecule has 0 aliphatic carbocycles. The van der Waals surface area contributed by atoms with E-state index >= 15 is 0 Å². The van der Waals surface area contributed by atoms with Crippen molar-refractivity contribution in [2.24, 2.45) is 0 Å². The van der Waals surface area contributed by atoms with E-state index in [1.165, 1.54) is 65.0 Å².